The lowest BCUT2D eigenvalue weighted by Gasteiger charge is -2.32. The second-order valence-corrected chi connectivity index (χ2v) is 4.28. The molecule has 1 aromatic carbocycles. The number of aliphatic hydroxyl groups excluding tert-OH is 1. The molecule has 0 saturated heterocycles. The van der Waals surface area contributed by atoms with E-state index in [1.807, 2.05) is 12.1 Å². The molecule has 1 aliphatic rings. The van der Waals surface area contributed by atoms with Crippen LogP contribution in [0.4, 0.5) is 0 Å². The lowest BCUT2D eigenvalue weighted by molar-refractivity contribution is -0.0327. The molecule has 1 aromatic rings. The van der Waals surface area contributed by atoms with Gasteiger partial charge in [0.05, 0.1) is 6.61 Å². The van der Waals surface area contributed by atoms with Gasteiger partial charge in [-0.25, -0.2) is 0 Å². The van der Waals surface area contributed by atoms with E-state index in [9.17, 15) is 10.2 Å². The van der Waals surface area contributed by atoms with E-state index in [1.54, 1.807) is 6.07 Å². The minimum absolute atomic E-state index is 0.221. The molecular formula is C11H13ClO2. The van der Waals surface area contributed by atoms with E-state index >= 15 is 0 Å². The first-order chi connectivity index (χ1) is 6.65. The highest BCUT2D eigenvalue weighted by Crippen LogP contribution is 2.35. The predicted octanol–water partition coefficient (Wildman–Crippen LogP) is 1.86. The van der Waals surface area contributed by atoms with Crippen molar-refractivity contribution in [2.24, 2.45) is 0 Å². The Hall–Kier alpha value is -0.570. The molecule has 2 nitrogen and oxygen atoms in total. The molecule has 0 spiro atoms. The van der Waals surface area contributed by atoms with Gasteiger partial charge in [0, 0.05) is 5.02 Å². The fourth-order valence-electron chi connectivity index (χ4n) is 2.09. The molecule has 0 amide bonds. The maximum atomic E-state index is 10.1. The van der Waals surface area contributed by atoms with Gasteiger partial charge in [-0.15, -0.1) is 0 Å². The maximum Gasteiger partial charge on any atom is 0.113 e. The Balaban J connectivity index is 2.50. The summed E-state index contributed by atoms with van der Waals surface area (Å²) >= 11 is 5.87. The summed E-state index contributed by atoms with van der Waals surface area (Å²) in [5.41, 5.74) is 0.828. The van der Waals surface area contributed by atoms with E-state index in [0.29, 0.717) is 11.4 Å². The van der Waals surface area contributed by atoms with Crippen LogP contribution in [0.1, 0.15) is 24.0 Å². The largest absolute Gasteiger partial charge is 0.393 e. The van der Waals surface area contributed by atoms with E-state index < -0.39 is 5.60 Å². The number of aliphatic hydroxyl groups is 2. The van der Waals surface area contributed by atoms with Gasteiger partial charge in [0.2, 0.25) is 0 Å². The number of rotatable bonds is 1. The monoisotopic (exact) mass is 212 g/mol. The Morgan fingerprint density at radius 2 is 2.21 bits per heavy atom. The second-order valence-electron chi connectivity index (χ2n) is 3.84. The van der Waals surface area contributed by atoms with Crippen LogP contribution < -0.4 is 0 Å². The smallest absolute Gasteiger partial charge is 0.113 e. The van der Waals surface area contributed by atoms with Gasteiger partial charge in [-0.1, -0.05) is 17.7 Å². The van der Waals surface area contributed by atoms with Gasteiger partial charge in [-0.05, 0) is 42.5 Å². The minimum atomic E-state index is -1.06. The molecule has 0 fully saturated rings. The first kappa shape index (κ1) is 9.97. The Morgan fingerprint density at radius 3 is 2.93 bits per heavy atom. The lowest BCUT2D eigenvalue weighted by atomic mass is 9.80. The summed E-state index contributed by atoms with van der Waals surface area (Å²) in [7, 11) is 0. The Kier molecular flexibility index (Phi) is 2.52. The van der Waals surface area contributed by atoms with E-state index in [1.165, 1.54) is 0 Å². The standard InChI is InChI=1S/C11H13ClO2/c12-9-3-4-10-8(6-9)2-1-5-11(10,14)7-13/h3-4,6,13-14H,1-2,5,7H2. The van der Waals surface area contributed by atoms with Crippen molar-refractivity contribution in [2.45, 2.75) is 24.9 Å². The average molecular weight is 213 g/mol. The Bertz CT molecular complexity index is 351. The number of fused-ring (bicyclic) bond motifs is 1. The summed E-state index contributed by atoms with van der Waals surface area (Å²) in [5.74, 6) is 0. The third kappa shape index (κ3) is 1.54. The van der Waals surface area contributed by atoms with Crippen LogP contribution in [0.5, 0.6) is 0 Å². The van der Waals surface area contributed by atoms with Crippen LogP contribution in [0, 0.1) is 0 Å². The molecule has 76 valence electrons. The van der Waals surface area contributed by atoms with Crippen molar-refractivity contribution in [3.05, 3.63) is 34.3 Å². The molecule has 2 N–H and O–H groups in total. The minimum Gasteiger partial charge on any atom is -0.393 e. The molecule has 0 saturated carbocycles. The van der Waals surface area contributed by atoms with Crippen LogP contribution in [-0.4, -0.2) is 16.8 Å². The van der Waals surface area contributed by atoms with Gasteiger partial charge in [-0.2, -0.15) is 0 Å². The van der Waals surface area contributed by atoms with E-state index in [-0.39, 0.29) is 6.61 Å². The highest BCUT2D eigenvalue weighted by atomic mass is 35.5. The van der Waals surface area contributed by atoms with Crippen molar-refractivity contribution in [3.63, 3.8) is 0 Å². The van der Waals surface area contributed by atoms with Crippen molar-refractivity contribution >= 4 is 11.6 Å². The third-order valence-electron chi connectivity index (χ3n) is 2.87. The van der Waals surface area contributed by atoms with Gasteiger partial charge >= 0.3 is 0 Å². The molecular weight excluding hydrogens is 200 g/mol. The lowest BCUT2D eigenvalue weighted by Crippen LogP contribution is -2.34. The van der Waals surface area contributed by atoms with Gasteiger partial charge in [0.15, 0.2) is 0 Å². The third-order valence-corrected chi connectivity index (χ3v) is 3.10. The zero-order chi connectivity index (χ0) is 10.2. The summed E-state index contributed by atoms with van der Waals surface area (Å²) in [5, 5.41) is 20.0. The van der Waals surface area contributed by atoms with Gasteiger partial charge in [0.1, 0.15) is 5.60 Å². The SMILES string of the molecule is OCC1(O)CCCc2cc(Cl)ccc21. The molecule has 1 atom stereocenters. The molecule has 0 bridgehead atoms. The van der Waals surface area contributed by atoms with Crippen molar-refractivity contribution in [1.82, 2.24) is 0 Å². The maximum absolute atomic E-state index is 10.1. The Labute approximate surface area is 88.1 Å². The summed E-state index contributed by atoms with van der Waals surface area (Å²) < 4.78 is 0. The van der Waals surface area contributed by atoms with Crippen LogP contribution in [0.25, 0.3) is 0 Å². The highest BCUT2D eigenvalue weighted by molar-refractivity contribution is 6.30. The first-order valence-corrected chi connectivity index (χ1v) is 5.16. The zero-order valence-corrected chi connectivity index (χ0v) is 8.59. The van der Waals surface area contributed by atoms with Crippen molar-refractivity contribution in [3.8, 4) is 0 Å². The van der Waals surface area contributed by atoms with Crippen molar-refractivity contribution in [1.29, 1.82) is 0 Å². The van der Waals surface area contributed by atoms with E-state index in [2.05, 4.69) is 0 Å². The summed E-state index contributed by atoms with van der Waals surface area (Å²) in [6.45, 7) is -0.221. The predicted molar refractivity (Wildman–Crippen MR) is 55.4 cm³/mol. The molecule has 14 heavy (non-hydrogen) atoms. The fraction of sp³-hybridized carbons (Fsp3) is 0.455. The molecule has 3 heteroatoms. The summed E-state index contributed by atoms with van der Waals surface area (Å²) in [6.07, 6.45) is 2.45. The molecule has 0 radical (unpaired) electrons. The molecule has 0 aliphatic heterocycles. The number of halogens is 1. The van der Waals surface area contributed by atoms with Crippen LogP contribution in [0.2, 0.25) is 5.02 Å². The van der Waals surface area contributed by atoms with Crippen LogP contribution in [0.15, 0.2) is 18.2 Å². The summed E-state index contributed by atoms with van der Waals surface area (Å²) in [4.78, 5) is 0. The molecule has 1 unspecified atom stereocenters. The molecule has 0 aromatic heterocycles. The molecule has 2 rings (SSSR count). The number of benzene rings is 1. The van der Waals surface area contributed by atoms with Crippen LogP contribution in [0.3, 0.4) is 0 Å². The fourth-order valence-corrected chi connectivity index (χ4v) is 2.29. The Morgan fingerprint density at radius 1 is 1.43 bits per heavy atom. The van der Waals surface area contributed by atoms with E-state index in [4.69, 9.17) is 11.6 Å². The number of aryl methyl sites for hydroxylation is 1. The van der Waals surface area contributed by atoms with Gasteiger partial charge in [0.25, 0.3) is 0 Å². The molecule has 1 aliphatic carbocycles. The second kappa shape index (κ2) is 3.54. The van der Waals surface area contributed by atoms with Gasteiger partial charge in [-0.3, -0.25) is 0 Å². The first-order valence-electron chi connectivity index (χ1n) is 4.78. The van der Waals surface area contributed by atoms with Crippen LogP contribution >= 0.6 is 11.6 Å². The normalized spacial score (nSPS) is 25.9. The van der Waals surface area contributed by atoms with Crippen LogP contribution in [-0.2, 0) is 12.0 Å². The topological polar surface area (TPSA) is 40.5 Å². The number of hydrogen-bond acceptors (Lipinski definition) is 2. The molecule has 0 heterocycles. The average Bonchev–Trinajstić information content (AvgIpc) is 2.18. The van der Waals surface area contributed by atoms with Crippen molar-refractivity contribution < 1.29 is 10.2 Å². The summed E-state index contributed by atoms with van der Waals surface area (Å²) in [6, 6.07) is 5.44. The highest BCUT2D eigenvalue weighted by Gasteiger charge is 2.33. The number of hydrogen-bond donors (Lipinski definition) is 2. The van der Waals surface area contributed by atoms with Gasteiger partial charge < -0.3 is 10.2 Å². The quantitative estimate of drug-likeness (QED) is 0.746. The van der Waals surface area contributed by atoms with E-state index in [0.717, 1.165) is 24.0 Å². The zero-order valence-electron chi connectivity index (χ0n) is 7.83. The van der Waals surface area contributed by atoms with Crippen molar-refractivity contribution in [2.75, 3.05) is 6.61 Å².